The van der Waals surface area contributed by atoms with Crippen molar-refractivity contribution in [2.24, 2.45) is 11.0 Å². The Kier molecular flexibility index (Phi) is 5.68. The number of nitro groups is 1. The van der Waals surface area contributed by atoms with Crippen LogP contribution in [-0.2, 0) is 4.79 Å². The van der Waals surface area contributed by atoms with Gasteiger partial charge in [0.1, 0.15) is 11.4 Å². The Labute approximate surface area is 117 Å². The molecule has 0 saturated heterocycles. The van der Waals surface area contributed by atoms with E-state index in [1.165, 1.54) is 29.3 Å². The van der Waals surface area contributed by atoms with Crippen LogP contribution in [0.3, 0.4) is 0 Å². The highest BCUT2D eigenvalue weighted by molar-refractivity contribution is 5.66. The molecule has 0 N–H and O–H groups in total. The maximum Gasteiger partial charge on any atom is 0.294 e. The number of benzene rings is 1. The minimum atomic E-state index is -0.515. The first kappa shape index (κ1) is 15.7. The summed E-state index contributed by atoms with van der Waals surface area (Å²) in [4.78, 5) is 21.1. The van der Waals surface area contributed by atoms with Gasteiger partial charge in [-0.15, -0.1) is 0 Å². The van der Waals surface area contributed by atoms with Crippen LogP contribution < -0.4 is 9.75 Å². The summed E-state index contributed by atoms with van der Waals surface area (Å²) in [6, 6.07) is 4.36. The fourth-order valence-electron chi connectivity index (χ4n) is 1.71. The van der Waals surface area contributed by atoms with Crippen molar-refractivity contribution in [3.63, 3.8) is 0 Å². The second-order valence-electron chi connectivity index (χ2n) is 4.51. The number of hydrogen-bond donors (Lipinski definition) is 0. The van der Waals surface area contributed by atoms with E-state index in [1.807, 2.05) is 20.8 Å². The zero-order valence-corrected chi connectivity index (χ0v) is 11.7. The smallest absolute Gasteiger partial charge is 0.294 e. The van der Waals surface area contributed by atoms with Crippen LogP contribution in [0.5, 0.6) is 5.75 Å². The highest BCUT2D eigenvalue weighted by atomic mass is 16.6. The number of isocyanates is 1. The maximum absolute atomic E-state index is 11.1. The first-order valence-corrected chi connectivity index (χ1v) is 6.26. The van der Waals surface area contributed by atoms with Crippen molar-refractivity contribution in [1.82, 2.24) is 0 Å². The van der Waals surface area contributed by atoms with E-state index >= 15 is 0 Å². The third-order valence-electron chi connectivity index (χ3n) is 2.43. The topological polar surface area (TPSA) is 85.0 Å². The van der Waals surface area contributed by atoms with Crippen molar-refractivity contribution in [1.29, 1.82) is 0 Å². The predicted molar refractivity (Wildman–Crippen MR) is 74.6 cm³/mol. The number of nitrogens with zero attached hydrogens (tertiary/aromatic N) is 3. The van der Waals surface area contributed by atoms with Crippen molar-refractivity contribution in [3.8, 4) is 5.75 Å². The van der Waals surface area contributed by atoms with Gasteiger partial charge in [-0.1, -0.05) is 18.9 Å². The molecular formula is C13H17N3O4. The molecule has 0 fully saturated rings. The number of nitro benzene ring substituents is 1. The van der Waals surface area contributed by atoms with Crippen LogP contribution in [-0.4, -0.2) is 24.2 Å². The van der Waals surface area contributed by atoms with E-state index < -0.39 is 4.92 Å². The summed E-state index contributed by atoms with van der Waals surface area (Å²) < 4.78 is 5.33. The van der Waals surface area contributed by atoms with Gasteiger partial charge in [-0.3, -0.25) is 10.1 Å². The Balaban J connectivity index is 3.30. The van der Waals surface area contributed by atoms with Gasteiger partial charge >= 0.3 is 0 Å². The molecule has 1 aromatic carbocycles. The standard InChI is InChI=1S/C13H17N3O4/c1-4-20-11-5-6-12(16(18)19)13(7-11)15(14-9-17)8-10(2)3/h5-7,10H,4,8H2,1-3H3. The Morgan fingerprint density at radius 1 is 1.50 bits per heavy atom. The van der Waals surface area contributed by atoms with Crippen molar-refractivity contribution in [2.75, 3.05) is 18.2 Å². The molecule has 0 saturated carbocycles. The molecule has 0 bridgehead atoms. The van der Waals surface area contributed by atoms with Crippen molar-refractivity contribution in [2.45, 2.75) is 20.8 Å². The quantitative estimate of drug-likeness (QED) is 0.331. The van der Waals surface area contributed by atoms with Gasteiger partial charge in [0, 0.05) is 18.7 Å². The number of rotatable bonds is 7. The van der Waals surface area contributed by atoms with Gasteiger partial charge in [0.2, 0.25) is 0 Å². The molecule has 0 aliphatic rings. The van der Waals surface area contributed by atoms with Gasteiger partial charge in [0.05, 0.1) is 11.5 Å². The summed E-state index contributed by atoms with van der Waals surface area (Å²) in [5.74, 6) is 0.658. The molecular weight excluding hydrogens is 262 g/mol. The number of carbonyl (C=O) groups excluding carboxylic acids is 1. The highest BCUT2D eigenvalue weighted by Crippen LogP contribution is 2.32. The molecule has 0 aliphatic carbocycles. The SMILES string of the molecule is CCOc1ccc([N+](=O)[O-])c(N(CC(C)C)N=C=O)c1. The van der Waals surface area contributed by atoms with Crippen LogP contribution in [0.2, 0.25) is 0 Å². The summed E-state index contributed by atoms with van der Waals surface area (Å²) in [6.45, 7) is 6.47. The van der Waals surface area contributed by atoms with Crippen LogP contribution in [0, 0.1) is 16.0 Å². The monoisotopic (exact) mass is 279 g/mol. The van der Waals surface area contributed by atoms with Gasteiger partial charge in [-0.25, -0.2) is 9.80 Å². The summed E-state index contributed by atoms with van der Waals surface area (Å²) in [7, 11) is 0. The highest BCUT2D eigenvalue weighted by Gasteiger charge is 2.21. The molecule has 20 heavy (non-hydrogen) atoms. The number of hydrogen-bond acceptors (Lipinski definition) is 6. The molecule has 0 unspecified atom stereocenters. The van der Waals surface area contributed by atoms with Gasteiger partial charge in [0.15, 0.2) is 0 Å². The van der Waals surface area contributed by atoms with E-state index in [0.717, 1.165) is 0 Å². The predicted octanol–water partition coefficient (Wildman–Crippen LogP) is 2.71. The molecule has 1 aromatic rings. The number of ether oxygens (including phenoxy) is 1. The molecule has 7 nitrogen and oxygen atoms in total. The largest absolute Gasteiger partial charge is 0.494 e. The lowest BCUT2D eigenvalue weighted by Crippen LogP contribution is -2.22. The molecule has 108 valence electrons. The minimum Gasteiger partial charge on any atom is -0.494 e. The molecule has 1 rings (SSSR count). The average molecular weight is 279 g/mol. The van der Waals surface area contributed by atoms with E-state index in [0.29, 0.717) is 18.9 Å². The van der Waals surface area contributed by atoms with Crippen LogP contribution in [0.25, 0.3) is 0 Å². The second-order valence-corrected chi connectivity index (χ2v) is 4.51. The second kappa shape index (κ2) is 7.25. The fourth-order valence-corrected chi connectivity index (χ4v) is 1.71. The number of anilines is 1. The normalized spacial score (nSPS) is 10.0. The Morgan fingerprint density at radius 3 is 2.70 bits per heavy atom. The van der Waals surface area contributed by atoms with Crippen LogP contribution in [0.15, 0.2) is 23.3 Å². The van der Waals surface area contributed by atoms with E-state index in [2.05, 4.69) is 5.10 Å². The molecule has 0 radical (unpaired) electrons. The molecule has 0 atom stereocenters. The van der Waals surface area contributed by atoms with Crippen LogP contribution in [0.4, 0.5) is 11.4 Å². The number of hydrazone groups is 1. The Morgan fingerprint density at radius 2 is 2.20 bits per heavy atom. The third kappa shape index (κ3) is 4.07. The first-order valence-electron chi connectivity index (χ1n) is 6.26. The lowest BCUT2D eigenvalue weighted by molar-refractivity contribution is -0.384. The maximum atomic E-state index is 11.1. The average Bonchev–Trinajstić information content (AvgIpc) is 2.37. The fraction of sp³-hybridized carbons (Fsp3) is 0.462. The van der Waals surface area contributed by atoms with E-state index in [-0.39, 0.29) is 17.3 Å². The molecule has 7 heteroatoms. The van der Waals surface area contributed by atoms with Crippen LogP contribution in [0.1, 0.15) is 20.8 Å². The zero-order valence-electron chi connectivity index (χ0n) is 11.7. The van der Waals surface area contributed by atoms with Gasteiger partial charge in [-0.2, -0.15) is 0 Å². The summed E-state index contributed by atoms with van der Waals surface area (Å²) >= 11 is 0. The minimum absolute atomic E-state index is 0.131. The molecule has 0 aliphatic heterocycles. The summed E-state index contributed by atoms with van der Waals surface area (Å²) in [6.07, 6.45) is 1.43. The zero-order chi connectivity index (χ0) is 15.1. The Hall–Kier alpha value is -2.40. The van der Waals surface area contributed by atoms with Gasteiger partial charge in [-0.05, 0) is 18.9 Å². The lowest BCUT2D eigenvalue weighted by Gasteiger charge is -2.19. The third-order valence-corrected chi connectivity index (χ3v) is 2.43. The van der Waals surface area contributed by atoms with E-state index in [4.69, 9.17) is 4.74 Å². The van der Waals surface area contributed by atoms with Crippen molar-refractivity contribution >= 4 is 17.5 Å². The van der Waals surface area contributed by atoms with Gasteiger partial charge in [0.25, 0.3) is 11.8 Å². The van der Waals surface area contributed by atoms with Crippen molar-refractivity contribution < 1.29 is 14.5 Å². The molecule has 0 heterocycles. The molecule has 0 spiro atoms. The lowest BCUT2D eigenvalue weighted by atomic mass is 10.2. The summed E-state index contributed by atoms with van der Waals surface area (Å²) in [5.41, 5.74) is 0.0890. The molecule has 0 amide bonds. The Bertz CT molecular complexity index is 524. The first-order chi connectivity index (χ1) is 9.49. The van der Waals surface area contributed by atoms with Gasteiger partial charge < -0.3 is 4.74 Å². The van der Waals surface area contributed by atoms with Crippen LogP contribution >= 0.6 is 0 Å². The molecule has 0 aromatic heterocycles. The van der Waals surface area contributed by atoms with E-state index in [9.17, 15) is 14.9 Å². The van der Waals surface area contributed by atoms with Crippen molar-refractivity contribution in [3.05, 3.63) is 28.3 Å². The van der Waals surface area contributed by atoms with E-state index in [1.54, 1.807) is 0 Å². The summed E-state index contributed by atoms with van der Waals surface area (Å²) in [5, 5.41) is 15.9.